The average Bonchev–Trinajstić information content (AvgIpc) is 2.72. The maximum atomic E-state index is 12.3. The van der Waals surface area contributed by atoms with Gasteiger partial charge in [0, 0.05) is 35.8 Å². The minimum atomic E-state index is -0.542. The van der Waals surface area contributed by atoms with E-state index >= 15 is 0 Å². The monoisotopic (exact) mass is 402 g/mol. The Balaban J connectivity index is 1.60. The largest absolute Gasteiger partial charge is 0.484 e. The Kier molecular flexibility index (Phi) is 6.54. The molecule has 0 radical (unpaired) electrons. The van der Waals surface area contributed by atoms with Gasteiger partial charge < -0.3 is 20.5 Å². The summed E-state index contributed by atoms with van der Waals surface area (Å²) in [5, 5.41) is 3.65. The molecule has 7 heteroatoms. The molecule has 1 fully saturated rings. The van der Waals surface area contributed by atoms with Crippen LogP contribution in [-0.4, -0.2) is 38.2 Å². The van der Waals surface area contributed by atoms with Crippen LogP contribution >= 0.6 is 11.6 Å². The van der Waals surface area contributed by atoms with Crippen LogP contribution in [0.2, 0.25) is 5.02 Å². The van der Waals surface area contributed by atoms with Crippen molar-refractivity contribution in [2.45, 2.75) is 18.3 Å². The number of hydrogen-bond donors (Lipinski definition) is 2. The van der Waals surface area contributed by atoms with Crippen LogP contribution in [0.3, 0.4) is 0 Å². The van der Waals surface area contributed by atoms with Crippen molar-refractivity contribution in [1.82, 2.24) is 5.32 Å². The van der Waals surface area contributed by atoms with Crippen LogP contribution in [0, 0.1) is 0 Å². The normalized spacial score (nSPS) is 15.6. The summed E-state index contributed by atoms with van der Waals surface area (Å²) in [5.74, 6) is -0.353. The third-order valence-corrected chi connectivity index (χ3v) is 5.27. The first-order valence-electron chi connectivity index (χ1n) is 9.12. The van der Waals surface area contributed by atoms with E-state index < -0.39 is 5.91 Å². The van der Waals surface area contributed by atoms with E-state index in [0.717, 1.165) is 18.4 Å². The van der Waals surface area contributed by atoms with E-state index in [-0.39, 0.29) is 17.9 Å². The number of carbonyl (C=O) groups is 2. The van der Waals surface area contributed by atoms with Gasteiger partial charge in [-0.3, -0.25) is 9.59 Å². The quantitative estimate of drug-likeness (QED) is 0.744. The highest BCUT2D eigenvalue weighted by molar-refractivity contribution is 6.30. The maximum Gasteiger partial charge on any atom is 0.257 e. The second-order valence-electron chi connectivity index (χ2n) is 6.86. The van der Waals surface area contributed by atoms with Gasteiger partial charge in [0.05, 0.1) is 0 Å². The molecule has 0 aromatic heterocycles. The molecule has 3 N–H and O–H groups in total. The third-order valence-electron chi connectivity index (χ3n) is 5.02. The van der Waals surface area contributed by atoms with Crippen LogP contribution in [0.1, 0.15) is 28.8 Å². The highest BCUT2D eigenvalue weighted by Gasteiger charge is 2.34. The molecule has 0 spiro atoms. The number of nitrogens with one attached hydrogen (secondary N) is 1. The zero-order valence-electron chi connectivity index (χ0n) is 15.4. The molecular weight excluding hydrogens is 380 g/mol. The van der Waals surface area contributed by atoms with Gasteiger partial charge in [-0.25, -0.2) is 0 Å². The fourth-order valence-electron chi connectivity index (χ4n) is 3.34. The van der Waals surface area contributed by atoms with Crippen molar-refractivity contribution in [3.8, 4) is 5.75 Å². The van der Waals surface area contributed by atoms with E-state index in [1.165, 1.54) is 6.07 Å². The lowest BCUT2D eigenvalue weighted by molar-refractivity contribution is -0.123. The van der Waals surface area contributed by atoms with Crippen molar-refractivity contribution in [3.05, 3.63) is 64.7 Å². The number of rotatable bonds is 7. The molecule has 0 atom stereocenters. The molecule has 1 heterocycles. The minimum absolute atomic E-state index is 0.143. The standard InChI is InChI=1S/C21H23ClN2O4/c22-17-6-4-16(5-7-17)21(8-10-27-11-9-21)14-24-19(25)13-28-18-3-1-2-15(12-18)20(23)26/h1-7,12H,8-11,13-14H2,(H2,23,26)(H,24,25). The SMILES string of the molecule is NC(=O)c1cccc(OCC(=O)NCC2(c3ccc(Cl)cc3)CCOCC2)c1. The summed E-state index contributed by atoms with van der Waals surface area (Å²) in [7, 11) is 0. The van der Waals surface area contributed by atoms with Gasteiger partial charge in [0.15, 0.2) is 6.61 Å². The first kappa shape index (κ1) is 20.2. The molecular formula is C21H23ClN2O4. The van der Waals surface area contributed by atoms with E-state index in [1.54, 1.807) is 18.2 Å². The molecule has 2 aromatic carbocycles. The number of benzene rings is 2. The lowest BCUT2D eigenvalue weighted by atomic mass is 9.74. The molecule has 0 bridgehead atoms. The van der Waals surface area contributed by atoms with Crippen LogP contribution in [-0.2, 0) is 14.9 Å². The van der Waals surface area contributed by atoms with Gasteiger partial charge in [0.25, 0.3) is 5.91 Å². The Morgan fingerprint density at radius 3 is 2.54 bits per heavy atom. The summed E-state index contributed by atoms with van der Waals surface area (Å²) in [5.41, 5.74) is 6.54. The highest BCUT2D eigenvalue weighted by atomic mass is 35.5. The zero-order chi connectivity index (χ0) is 20.0. The number of nitrogens with two attached hydrogens (primary N) is 1. The lowest BCUT2D eigenvalue weighted by Crippen LogP contribution is -2.45. The molecule has 6 nitrogen and oxygen atoms in total. The van der Waals surface area contributed by atoms with Crippen LogP contribution in [0.25, 0.3) is 0 Å². The van der Waals surface area contributed by atoms with Gasteiger partial charge in [-0.1, -0.05) is 29.8 Å². The summed E-state index contributed by atoms with van der Waals surface area (Å²) in [4.78, 5) is 23.6. The summed E-state index contributed by atoms with van der Waals surface area (Å²) in [6.45, 7) is 1.64. The van der Waals surface area contributed by atoms with E-state index in [9.17, 15) is 9.59 Å². The van der Waals surface area contributed by atoms with Crippen molar-refractivity contribution < 1.29 is 19.1 Å². The predicted octanol–water partition coefficient (Wildman–Crippen LogP) is 2.68. The zero-order valence-corrected chi connectivity index (χ0v) is 16.2. The number of primary amides is 1. The second kappa shape index (κ2) is 9.08. The number of amides is 2. The number of carbonyl (C=O) groups excluding carboxylic acids is 2. The van der Waals surface area contributed by atoms with Crippen LogP contribution in [0.5, 0.6) is 5.75 Å². The van der Waals surface area contributed by atoms with Crippen molar-refractivity contribution in [2.24, 2.45) is 5.73 Å². The van der Waals surface area contributed by atoms with E-state index in [2.05, 4.69) is 5.32 Å². The molecule has 1 aliphatic heterocycles. The fraction of sp³-hybridized carbons (Fsp3) is 0.333. The molecule has 1 aliphatic rings. The Morgan fingerprint density at radius 1 is 1.14 bits per heavy atom. The van der Waals surface area contributed by atoms with E-state index in [1.807, 2.05) is 24.3 Å². The minimum Gasteiger partial charge on any atom is -0.484 e. The Bertz CT molecular complexity index is 833. The maximum absolute atomic E-state index is 12.3. The average molecular weight is 403 g/mol. The second-order valence-corrected chi connectivity index (χ2v) is 7.29. The van der Waals surface area contributed by atoms with Gasteiger partial charge in [0.2, 0.25) is 5.91 Å². The Labute approximate surface area is 169 Å². The molecule has 2 amide bonds. The van der Waals surface area contributed by atoms with Crippen molar-refractivity contribution >= 4 is 23.4 Å². The Morgan fingerprint density at radius 2 is 1.86 bits per heavy atom. The summed E-state index contributed by atoms with van der Waals surface area (Å²) in [6, 6.07) is 14.2. The number of halogens is 1. The molecule has 3 rings (SSSR count). The number of hydrogen-bond acceptors (Lipinski definition) is 4. The predicted molar refractivity (Wildman–Crippen MR) is 107 cm³/mol. The fourth-order valence-corrected chi connectivity index (χ4v) is 3.47. The van der Waals surface area contributed by atoms with Gasteiger partial charge in [-0.05, 0) is 48.7 Å². The van der Waals surface area contributed by atoms with Crippen LogP contribution in [0.15, 0.2) is 48.5 Å². The Hall–Kier alpha value is -2.57. The van der Waals surface area contributed by atoms with Crippen molar-refractivity contribution in [3.63, 3.8) is 0 Å². The van der Waals surface area contributed by atoms with Gasteiger partial charge in [0.1, 0.15) is 5.75 Å². The molecule has 28 heavy (non-hydrogen) atoms. The lowest BCUT2D eigenvalue weighted by Gasteiger charge is -2.38. The summed E-state index contributed by atoms with van der Waals surface area (Å²) >= 11 is 6.01. The molecule has 148 valence electrons. The molecule has 1 saturated heterocycles. The van der Waals surface area contributed by atoms with Gasteiger partial charge in [-0.15, -0.1) is 0 Å². The van der Waals surface area contributed by atoms with Crippen LogP contribution in [0.4, 0.5) is 0 Å². The molecule has 0 unspecified atom stereocenters. The molecule has 0 aliphatic carbocycles. The van der Waals surface area contributed by atoms with Gasteiger partial charge >= 0.3 is 0 Å². The highest BCUT2D eigenvalue weighted by Crippen LogP contribution is 2.34. The van der Waals surface area contributed by atoms with E-state index in [4.69, 9.17) is 26.8 Å². The first-order valence-corrected chi connectivity index (χ1v) is 9.49. The number of ether oxygens (including phenoxy) is 2. The first-order chi connectivity index (χ1) is 13.5. The van der Waals surface area contributed by atoms with Crippen LogP contribution < -0.4 is 15.8 Å². The molecule has 2 aromatic rings. The summed E-state index contributed by atoms with van der Waals surface area (Å²) < 4.78 is 11.0. The third kappa shape index (κ3) is 5.03. The topological polar surface area (TPSA) is 90.7 Å². The van der Waals surface area contributed by atoms with Crippen molar-refractivity contribution in [1.29, 1.82) is 0 Å². The molecule has 0 saturated carbocycles. The smallest absolute Gasteiger partial charge is 0.257 e. The van der Waals surface area contributed by atoms with E-state index in [0.29, 0.717) is 36.1 Å². The summed E-state index contributed by atoms with van der Waals surface area (Å²) in [6.07, 6.45) is 1.63. The van der Waals surface area contributed by atoms with Crippen molar-refractivity contribution in [2.75, 3.05) is 26.4 Å². The van der Waals surface area contributed by atoms with Gasteiger partial charge in [-0.2, -0.15) is 0 Å².